The number of nitrogens with zero attached hydrogens (tertiary/aromatic N) is 2. The highest BCUT2D eigenvalue weighted by atomic mass is 16.2. The first-order chi connectivity index (χ1) is 9.67. The number of nitriles is 1. The second kappa shape index (κ2) is 6.17. The minimum absolute atomic E-state index is 0.193. The van der Waals surface area contributed by atoms with E-state index in [2.05, 4.69) is 10.6 Å². The van der Waals surface area contributed by atoms with E-state index in [1.54, 1.807) is 36.2 Å². The van der Waals surface area contributed by atoms with Gasteiger partial charge in [0.1, 0.15) is 6.04 Å². The number of carbonyl (C=O) groups is 2. The highest BCUT2D eigenvalue weighted by Gasteiger charge is 2.31. The van der Waals surface area contributed by atoms with Gasteiger partial charge in [0.25, 0.3) is 5.91 Å². The standard InChI is InChI=1S/C14H16N4O2/c1-16-13(19)12-9-17-5-6-18(12)14(20)11-4-2-3-10(7-11)8-15/h2-4,7,12,17H,5-6,9H2,1H3,(H,16,19). The molecule has 1 heterocycles. The smallest absolute Gasteiger partial charge is 0.254 e. The zero-order chi connectivity index (χ0) is 14.5. The van der Waals surface area contributed by atoms with Crippen LogP contribution in [0.25, 0.3) is 0 Å². The second-order valence-electron chi connectivity index (χ2n) is 4.53. The van der Waals surface area contributed by atoms with Crippen molar-refractivity contribution in [3.8, 4) is 6.07 Å². The minimum atomic E-state index is -0.521. The van der Waals surface area contributed by atoms with E-state index in [0.29, 0.717) is 30.8 Å². The molecule has 6 heteroatoms. The quantitative estimate of drug-likeness (QED) is 0.775. The summed E-state index contributed by atoms with van der Waals surface area (Å²) in [6.45, 7) is 1.55. The van der Waals surface area contributed by atoms with Crippen molar-refractivity contribution < 1.29 is 9.59 Å². The maximum atomic E-state index is 12.5. The lowest BCUT2D eigenvalue weighted by atomic mass is 10.1. The van der Waals surface area contributed by atoms with Crippen molar-refractivity contribution >= 4 is 11.8 Å². The molecule has 1 fully saturated rings. The van der Waals surface area contributed by atoms with Gasteiger partial charge in [-0.15, -0.1) is 0 Å². The summed E-state index contributed by atoms with van der Waals surface area (Å²) in [4.78, 5) is 25.9. The van der Waals surface area contributed by atoms with Crippen LogP contribution in [-0.4, -0.2) is 49.4 Å². The zero-order valence-electron chi connectivity index (χ0n) is 11.2. The number of benzene rings is 1. The molecule has 2 N–H and O–H groups in total. The van der Waals surface area contributed by atoms with Gasteiger partial charge >= 0.3 is 0 Å². The molecule has 1 unspecified atom stereocenters. The fourth-order valence-corrected chi connectivity index (χ4v) is 2.24. The average Bonchev–Trinajstić information content (AvgIpc) is 2.53. The largest absolute Gasteiger partial charge is 0.357 e. The van der Waals surface area contributed by atoms with E-state index in [4.69, 9.17) is 5.26 Å². The van der Waals surface area contributed by atoms with Crippen LogP contribution in [-0.2, 0) is 4.79 Å². The number of hydrogen-bond donors (Lipinski definition) is 2. The Hall–Kier alpha value is -2.39. The molecule has 0 radical (unpaired) electrons. The van der Waals surface area contributed by atoms with E-state index >= 15 is 0 Å². The Kier molecular flexibility index (Phi) is 4.33. The molecule has 1 aliphatic rings. The number of carbonyl (C=O) groups excluding carboxylic acids is 2. The van der Waals surface area contributed by atoms with Crippen LogP contribution < -0.4 is 10.6 Å². The Bertz CT molecular complexity index is 565. The van der Waals surface area contributed by atoms with E-state index in [9.17, 15) is 9.59 Å². The molecular weight excluding hydrogens is 256 g/mol. The molecule has 0 saturated carbocycles. The van der Waals surface area contributed by atoms with Crippen LogP contribution in [0.3, 0.4) is 0 Å². The SMILES string of the molecule is CNC(=O)C1CNCCN1C(=O)c1cccc(C#N)c1. The molecule has 2 rings (SSSR count). The van der Waals surface area contributed by atoms with E-state index < -0.39 is 6.04 Å². The monoisotopic (exact) mass is 272 g/mol. The Morgan fingerprint density at radius 3 is 3.00 bits per heavy atom. The van der Waals surface area contributed by atoms with E-state index in [0.717, 1.165) is 0 Å². The molecule has 6 nitrogen and oxygen atoms in total. The molecule has 1 saturated heterocycles. The van der Waals surface area contributed by atoms with E-state index in [1.807, 2.05) is 6.07 Å². The van der Waals surface area contributed by atoms with Crippen LogP contribution in [0.15, 0.2) is 24.3 Å². The van der Waals surface area contributed by atoms with Crippen molar-refractivity contribution in [3.63, 3.8) is 0 Å². The Morgan fingerprint density at radius 1 is 1.50 bits per heavy atom. The van der Waals surface area contributed by atoms with E-state index in [1.165, 1.54) is 0 Å². The van der Waals surface area contributed by atoms with Crippen molar-refractivity contribution in [2.75, 3.05) is 26.7 Å². The molecule has 1 aromatic carbocycles. The van der Waals surface area contributed by atoms with Gasteiger partial charge in [-0.25, -0.2) is 0 Å². The van der Waals surface area contributed by atoms with Crippen molar-refractivity contribution in [2.24, 2.45) is 0 Å². The molecule has 0 spiro atoms. The van der Waals surface area contributed by atoms with Gasteiger partial charge in [0.15, 0.2) is 0 Å². The lowest BCUT2D eigenvalue weighted by Crippen LogP contribution is -2.59. The summed E-state index contributed by atoms with van der Waals surface area (Å²) < 4.78 is 0. The fourth-order valence-electron chi connectivity index (χ4n) is 2.24. The Labute approximate surface area is 117 Å². The lowest BCUT2D eigenvalue weighted by Gasteiger charge is -2.35. The molecule has 0 aromatic heterocycles. The van der Waals surface area contributed by atoms with Gasteiger partial charge in [-0.1, -0.05) is 6.07 Å². The number of hydrogen-bond acceptors (Lipinski definition) is 4. The normalized spacial score (nSPS) is 18.2. The highest BCUT2D eigenvalue weighted by Crippen LogP contribution is 2.12. The Balaban J connectivity index is 2.25. The predicted octanol–water partition coefficient (Wildman–Crippen LogP) is -0.282. The van der Waals surface area contributed by atoms with Gasteiger partial charge < -0.3 is 15.5 Å². The van der Waals surface area contributed by atoms with Crippen molar-refractivity contribution in [1.82, 2.24) is 15.5 Å². The molecule has 104 valence electrons. The predicted molar refractivity (Wildman–Crippen MR) is 72.9 cm³/mol. The van der Waals surface area contributed by atoms with Gasteiger partial charge in [0.2, 0.25) is 5.91 Å². The minimum Gasteiger partial charge on any atom is -0.357 e. The topological polar surface area (TPSA) is 85.2 Å². The first-order valence-electron chi connectivity index (χ1n) is 6.41. The first-order valence-corrected chi connectivity index (χ1v) is 6.41. The zero-order valence-corrected chi connectivity index (χ0v) is 11.2. The van der Waals surface area contributed by atoms with Crippen LogP contribution >= 0.6 is 0 Å². The number of nitrogens with one attached hydrogen (secondary N) is 2. The van der Waals surface area contributed by atoms with Crippen molar-refractivity contribution in [2.45, 2.75) is 6.04 Å². The highest BCUT2D eigenvalue weighted by molar-refractivity contribution is 5.98. The molecule has 1 aliphatic heterocycles. The van der Waals surface area contributed by atoms with Crippen molar-refractivity contribution in [1.29, 1.82) is 5.26 Å². The summed E-state index contributed by atoms with van der Waals surface area (Å²) >= 11 is 0. The number of rotatable bonds is 2. The molecule has 20 heavy (non-hydrogen) atoms. The van der Waals surface area contributed by atoms with Crippen LogP contribution in [0, 0.1) is 11.3 Å². The average molecular weight is 272 g/mol. The van der Waals surface area contributed by atoms with Crippen LogP contribution in [0.1, 0.15) is 15.9 Å². The summed E-state index contributed by atoms with van der Waals surface area (Å²) in [5, 5.41) is 14.6. The molecule has 1 atom stereocenters. The maximum absolute atomic E-state index is 12.5. The van der Waals surface area contributed by atoms with Gasteiger partial charge in [-0.3, -0.25) is 9.59 Å². The van der Waals surface area contributed by atoms with Crippen LogP contribution in [0.2, 0.25) is 0 Å². The first kappa shape index (κ1) is 14.0. The third-order valence-electron chi connectivity index (χ3n) is 3.29. The summed E-state index contributed by atoms with van der Waals surface area (Å²) in [5.74, 6) is -0.417. The maximum Gasteiger partial charge on any atom is 0.254 e. The number of amides is 2. The van der Waals surface area contributed by atoms with Crippen molar-refractivity contribution in [3.05, 3.63) is 35.4 Å². The number of piperazine rings is 1. The molecular formula is C14H16N4O2. The molecule has 2 amide bonds. The summed E-state index contributed by atoms with van der Waals surface area (Å²) in [6, 6.07) is 8.01. The summed E-state index contributed by atoms with van der Waals surface area (Å²) in [5.41, 5.74) is 0.863. The van der Waals surface area contributed by atoms with Gasteiger partial charge in [-0.05, 0) is 18.2 Å². The van der Waals surface area contributed by atoms with Gasteiger partial charge in [0, 0.05) is 32.2 Å². The van der Waals surface area contributed by atoms with Crippen LogP contribution in [0.5, 0.6) is 0 Å². The van der Waals surface area contributed by atoms with Crippen LogP contribution in [0.4, 0.5) is 0 Å². The van der Waals surface area contributed by atoms with E-state index in [-0.39, 0.29) is 11.8 Å². The van der Waals surface area contributed by atoms with Gasteiger partial charge in [0.05, 0.1) is 11.6 Å². The fraction of sp³-hybridized carbons (Fsp3) is 0.357. The Morgan fingerprint density at radius 2 is 2.30 bits per heavy atom. The molecule has 0 bridgehead atoms. The lowest BCUT2D eigenvalue weighted by molar-refractivity contribution is -0.125. The van der Waals surface area contributed by atoms with Gasteiger partial charge in [-0.2, -0.15) is 5.26 Å². The molecule has 0 aliphatic carbocycles. The second-order valence-corrected chi connectivity index (χ2v) is 4.53. The third kappa shape index (κ3) is 2.78. The molecule has 1 aromatic rings. The number of likely N-dealkylation sites (N-methyl/N-ethyl adjacent to an activating group) is 1. The third-order valence-corrected chi connectivity index (χ3v) is 3.29. The summed E-state index contributed by atoms with van der Waals surface area (Å²) in [6.07, 6.45) is 0. The summed E-state index contributed by atoms with van der Waals surface area (Å²) in [7, 11) is 1.55.